The van der Waals surface area contributed by atoms with Gasteiger partial charge in [0.2, 0.25) is 10.0 Å². The summed E-state index contributed by atoms with van der Waals surface area (Å²) < 4.78 is 30.3. The number of hydrogen-bond donors (Lipinski definition) is 3. The minimum Gasteiger partial charge on any atom is -0.495 e. The number of carbonyl (C=O) groups is 1. The van der Waals surface area contributed by atoms with Crippen LogP contribution < -0.4 is 20.9 Å². The molecule has 5 rings (SSSR count). The lowest BCUT2D eigenvalue weighted by molar-refractivity contribution is 0.102. The molecule has 0 radical (unpaired) electrons. The molecule has 0 aliphatic carbocycles. The van der Waals surface area contributed by atoms with Crippen LogP contribution in [0.25, 0.3) is 27.9 Å². The third-order valence-corrected chi connectivity index (χ3v) is 6.43. The average molecular weight is 489 g/mol. The molecule has 176 valence electrons. The Hall–Kier alpha value is -4.48. The van der Waals surface area contributed by atoms with Crippen LogP contribution in [-0.4, -0.2) is 36.0 Å². The quantitative estimate of drug-likeness (QED) is 0.343. The molecule has 0 fully saturated rings. The first-order valence-corrected chi connectivity index (χ1v) is 12.0. The van der Waals surface area contributed by atoms with Crippen LogP contribution in [0.1, 0.15) is 10.4 Å². The number of primary sulfonamides is 1. The molecule has 5 N–H and O–H groups in total. The van der Waals surface area contributed by atoms with Gasteiger partial charge in [-0.25, -0.2) is 23.5 Å². The van der Waals surface area contributed by atoms with Crippen molar-refractivity contribution in [3.63, 3.8) is 0 Å². The highest BCUT2D eigenvalue weighted by Crippen LogP contribution is 2.33. The van der Waals surface area contributed by atoms with E-state index < -0.39 is 15.9 Å². The maximum Gasteiger partial charge on any atom is 0.261 e. The van der Waals surface area contributed by atoms with E-state index in [0.29, 0.717) is 39.3 Å². The number of ether oxygens (including phenoxy) is 1. The molecule has 2 aromatic heterocycles. The van der Waals surface area contributed by atoms with Crippen molar-refractivity contribution in [1.29, 1.82) is 0 Å². The van der Waals surface area contributed by atoms with E-state index in [0.717, 1.165) is 0 Å². The number of nitrogens with zero attached hydrogens (tertiary/aromatic N) is 3. The van der Waals surface area contributed by atoms with E-state index in [-0.39, 0.29) is 16.3 Å². The van der Waals surface area contributed by atoms with E-state index in [1.165, 1.54) is 31.4 Å². The summed E-state index contributed by atoms with van der Waals surface area (Å²) in [6.45, 7) is 0. The number of nitrogens with two attached hydrogens (primary N) is 2. The van der Waals surface area contributed by atoms with E-state index in [1.807, 2.05) is 12.1 Å². The highest BCUT2D eigenvalue weighted by molar-refractivity contribution is 7.89. The van der Waals surface area contributed by atoms with E-state index in [1.54, 1.807) is 41.0 Å². The summed E-state index contributed by atoms with van der Waals surface area (Å²) in [4.78, 5) is 22.8. The van der Waals surface area contributed by atoms with Crippen molar-refractivity contribution in [2.24, 2.45) is 5.14 Å². The summed E-state index contributed by atoms with van der Waals surface area (Å²) in [5.41, 5.74) is 9.42. The number of para-hydroxylation sites is 4. The number of sulfonamides is 1. The van der Waals surface area contributed by atoms with Gasteiger partial charge in [0, 0.05) is 5.69 Å². The summed E-state index contributed by atoms with van der Waals surface area (Å²) >= 11 is 0. The minimum absolute atomic E-state index is 0.0537. The fourth-order valence-corrected chi connectivity index (χ4v) is 4.38. The van der Waals surface area contributed by atoms with Gasteiger partial charge in [0.25, 0.3) is 5.91 Å². The third kappa shape index (κ3) is 3.92. The van der Waals surface area contributed by atoms with Crippen LogP contribution in [0.3, 0.4) is 0 Å². The van der Waals surface area contributed by atoms with Crippen molar-refractivity contribution >= 4 is 49.6 Å². The first kappa shape index (κ1) is 22.3. The molecule has 1 amide bonds. The number of methoxy groups -OCH3 is 1. The number of fused-ring (bicyclic) bond motifs is 2. The number of benzene rings is 3. The molecule has 0 aliphatic rings. The predicted octanol–water partition coefficient (Wildman–Crippen LogP) is 3.06. The van der Waals surface area contributed by atoms with Crippen LogP contribution in [0.4, 0.5) is 11.5 Å². The first-order valence-electron chi connectivity index (χ1n) is 10.4. The van der Waals surface area contributed by atoms with Gasteiger partial charge in [-0.05, 0) is 48.5 Å². The number of aromatic nitrogens is 3. The number of nitrogen functional groups attached to an aromatic ring is 1. The second-order valence-corrected chi connectivity index (χ2v) is 9.23. The SMILES string of the molecule is COc1ccccc1NC(=O)c1c(N)n(-c2ccc(S(N)(=O)=O)cc2)c2nc3ccccc3nc12. The number of nitrogens with one attached hydrogen (secondary N) is 1. The minimum atomic E-state index is -3.88. The molecule has 0 saturated carbocycles. The van der Waals surface area contributed by atoms with Gasteiger partial charge in [-0.3, -0.25) is 9.36 Å². The molecule has 0 saturated heterocycles. The van der Waals surface area contributed by atoms with Crippen LogP contribution in [-0.2, 0) is 10.0 Å². The molecule has 2 heterocycles. The zero-order chi connectivity index (χ0) is 24.7. The van der Waals surface area contributed by atoms with E-state index in [2.05, 4.69) is 10.3 Å². The molecule has 0 unspecified atom stereocenters. The van der Waals surface area contributed by atoms with Crippen molar-refractivity contribution in [3.8, 4) is 11.4 Å². The Morgan fingerprint density at radius 1 is 0.943 bits per heavy atom. The smallest absolute Gasteiger partial charge is 0.261 e. The molecule has 0 aliphatic heterocycles. The molecule has 5 aromatic rings. The van der Waals surface area contributed by atoms with Gasteiger partial charge in [0.05, 0.1) is 28.7 Å². The van der Waals surface area contributed by atoms with Crippen LogP contribution in [0.15, 0.2) is 77.7 Å². The first-order chi connectivity index (χ1) is 16.8. The van der Waals surface area contributed by atoms with Crippen LogP contribution in [0.5, 0.6) is 5.75 Å². The average Bonchev–Trinajstić information content (AvgIpc) is 3.13. The predicted molar refractivity (Wildman–Crippen MR) is 133 cm³/mol. The molecule has 0 bridgehead atoms. The number of hydrogen-bond acceptors (Lipinski definition) is 7. The van der Waals surface area contributed by atoms with Crippen molar-refractivity contribution in [1.82, 2.24) is 14.5 Å². The monoisotopic (exact) mass is 488 g/mol. The van der Waals surface area contributed by atoms with Gasteiger partial charge in [0.15, 0.2) is 5.65 Å². The molecule has 0 spiro atoms. The number of carbonyl (C=O) groups excluding carboxylic acids is 1. The van der Waals surface area contributed by atoms with Crippen LogP contribution in [0.2, 0.25) is 0 Å². The molecular weight excluding hydrogens is 468 g/mol. The molecule has 0 atom stereocenters. The molecule has 11 heteroatoms. The number of anilines is 2. The lowest BCUT2D eigenvalue weighted by Gasteiger charge is -2.10. The van der Waals surface area contributed by atoms with Crippen LogP contribution >= 0.6 is 0 Å². The van der Waals surface area contributed by atoms with Crippen molar-refractivity contribution in [3.05, 3.63) is 78.4 Å². The molecule has 35 heavy (non-hydrogen) atoms. The topological polar surface area (TPSA) is 155 Å². The fourth-order valence-electron chi connectivity index (χ4n) is 3.86. The van der Waals surface area contributed by atoms with E-state index in [9.17, 15) is 13.2 Å². The summed E-state index contributed by atoms with van der Waals surface area (Å²) in [5, 5.41) is 8.06. The normalized spacial score (nSPS) is 11.6. The third-order valence-electron chi connectivity index (χ3n) is 5.50. The van der Waals surface area contributed by atoms with Crippen molar-refractivity contribution in [2.75, 3.05) is 18.2 Å². The van der Waals surface area contributed by atoms with E-state index >= 15 is 0 Å². The van der Waals surface area contributed by atoms with Gasteiger partial charge in [-0.1, -0.05) is 24.3 Å². The van der Waals surface area contributed by atoms with Crippen LogP contribution in [0, 0.1) is 0 Å². The van der Waals surface area contributed by atoms with Gasteiger partial charge in [-0.15, -0.1) is 0 Å². The Morgan fingerprint density at radius 3 is 2.23 bits per heavy atom. The molecule has 10 nitrogen and oxygen atoms in total. The second kappa shape index (κ2) is 8.38. The van der Waals surface area contributed by atoms with Crippen molar-refractivity contribution in [2.45, 2.75) is 4.90 Å². The zero-order valence-corrected chi connectivity index (χ0v) is 19.3. The summed E-state index contributed by atoms with van der Waals surface area (Å²) in [6, 6.07) is 20.0. The maximum atomic E-state index is 13.5. The Bertz CT molecular complexity index is 1710. The Morgan fingerprint density at radius 2 is 1.57 bits per heavy atom. The van der Waals surface area contributed by atoms with Gasteiger partial charge in [0.1, 0.15) is 22.6 Å². The molecular formula is C24H20N6O4S. The Labute approximate surface area is 200 Å². The Kier molecular flexibility index (Phi) is 5.35. The Balaban J connectivity index is 1.73. The summed E-state index contributed by atoms with van der Waals surface area (Å²) in [7, 11) is -2.37. The zero-order valence-electron chi connectivity index (χ0n) is 18.5. The lowest BCUT2D eigenvalue weighted by Crippen LogP contribution is -2.15. The van der Waals surface area contributed by atoms with Gasteiger partial charge >= 0.3 is 0 Å². The number of rotatable bonds is 5. The van der Waals surface area contributed by atoms with Crippen molar-refractivity contribution < 1.29 is 17.9 Å². The standard InChI is InChI=1S/C24H20N6O4S/c1-34-19-9-5-4-8-18(19)29-24(31)20-21-23(28-17-7-3-2-6-16(17)27-21)30(22(20)25)14-10-12-15(13-11-14)35(26,32)33/h2-13H,25H2,1H3,(H,29,31)(H2,26,32,33). The van der Waals surface area contributed by atoms with Gasteiger partial charge in [-0.2, -0.15) is 0 Å². The largest absolute Gasteiger partial charge is 0.495 e. The highest BCUT2D eigenvalue weighted by atomic mass is 32.2. The second-order valence-electron chi connectivity index (χ2n) is 7.67. The van der Waals surface area contributed by atoms with Gasteiger partial charge < -0.3 is 15.8 Å². The summed E-state index contributed by atoms with van der Waals surface area (Å²) in [6.07, 6.45) is 0. The lowest BCUT2D eigenvalue weighted by atomic mass is 10.2. The molecule has 3 aromatic carbocycles. The summed E-state index contributed by atoms with van der Waals surface area (Å²) in [5.74, 6) is 0.0748. The number of amides is 1. The highest BCUT2D eigenvalue weighted by Gasteiger charge is 2.25. The van der Waals surface area contributed by atoms with E-state index in [4.69, 9.17) is 20.6 Å². The fraction of sp³-hybridized carbons (Fsp3) is 0.0417. The maximum absolute atomic E-state index is 13.5.